The number of ether oxygens (including phenoxy) is 1. The lowest BCUT2D eigenvalue weighted by atomic mass is 10.2. The van der Waals surface area contributed by atoms with Crippen LogP contribution in [0.3, 0.4) is 0 Å². The number of carbonyl (C=O) groups is 1. The van der Waals surface area contributed by atoms with Crippen molar-refractivity contribution >= 4 is 11.6 Å². The third-order valence-corrected chi connectivity index (χ3v) is 4.76. The van der Waals surface area contributed by atoms with E-state index in [-0.39, 0.29) is 11.6 Å². The lowest BCUT2D eigenvalue weighted by Gasteiger charge is -2.13. The first-order valence-corrected chi connectivity index (χ1v) is 9.40. The van der Waals surface area contributed by atoms with Gasteiger partial charge < -0.3 is 19.6 Å². The second-order valence-electron chi connectivity index (χ2n) is 6.81. The Hall–Kier alpha value is -4.07. The molecule has 2 aromatic carbocycles. The molecule has 2 aromatic heterocycles. The Kier molecular flexibility index (Phi) is 5.21. The molecule has 0 saturated carbocycles. The molecule has 0 radical (unpaired) electrons. The number of imidazole rings is 2. The largest absolute Gasteiger partial charge is 0.486 e. The van der Waals surface area contributed by atoms with Crippen molar-refractivity contribution in [3.05, 3.63) is 94.7 Å². The maximum absolute atomic E-state index is 12.7. The summed E-state index contributed by atoms with van der Waals surface area (Å²) in [5.41, 5.74) is 2.11. The summed E-state index contributed by atoms with van der Waals surface area (Å²) in [7, 11) is 1.90. The summed E-state index contributed by atoms with van der Waals surface area (Å²) in [5, 5.41) is 2.88. The molecule has 1 amide bonds. The van der Waals surface area contributed by atoms with Gasteiger partial charge in [-0.05, 0) is 43.3 Å². The van der Waals surface area contributed by atoms with E-state index in [9.17, 15) is 9.59 Å². The average molecular weight is 403 g/mol. The van der Waals surface area contributed by atoms with Crippen LogP contribution in [-0.2, 0) is 13.7 Å². The summed E-state index contributed by atoms with van der Waals surface area (Å²) in [5.74, 6) is 1.17. The van der Waals surface area contributed by atoms with E-state index in [2.05, 4.69) is 15.3 Å². The van der Waals surface area contributed by atoms with Gasteiger partial charge in [0.05, 0.1) is 11.4 Å². The van der Waals surface area contributed by atoms with Gasteiger partial charge in [-0.3, -0.25) is 9.36 Å². The molecule has 0 spiro atoms. The highest BCUT2D eigenvalue weighted by atomic mass is 16.5. The van der Waals surface area contributed by atoms with Crippen LogP contribution in [0.25, 0.3) is 5.69 Å². The van der Waals surface area contributed by atoms with Crippen molar-refractivity contribution in [2.45, 2.75) is 13.5 Å². The molecular weight excluding hydrogens is 382 g/mol. The van der Waals surface area contributed by atoms with E-state index in [1.165, 1.54) is 4.57 Å². The summed E-state index contributed by atoms with van der Waals surface area (Å²) in [4.78, 5) is 31.7. The molecule has 152 valence electrons. The number of nitrogens with zero attached hydrogens (tertiary/aromatic N) is 3. The Balaban J connectivity index is 1.48. The smallest absolute Gasteiger partial charge is 0.330 e. The van der Waals surface area contributed by atoms with Crippen molar-refractivity contribution in [3.8, 4) is 11.4 Å². The molecule has 4 rings (SSSR count). The third kappa shape index (κ3) is 3.88. The second-order valence-corrected chi connectivity index (χ2v) is 6.81. The fourth-order valence-corrected chi connectivity index (χ4v) is 3.11. The first kappa shape index (κ1) is 19.3. The summed E-state index contributed by atoms with van der Waals surface area (Å²) >= 11 is 0. The molecule has 0 bridgehead atoms. The van der Waals surface area contributed by atoms with Crippen LogP contribution >= 0.6 is 0 Å². The summed E-state index contributed by atoms with van der Waals surface area (Å²) in [6, 6.07) is 14.0. The average Bonchev–Trinajstić information content (AvgIpc) is 3.31. The fraction of sp³-hybridized carbons (Fsp3) is 0.136. The number of aryl methyl sites for hydroxylation is 2. The number of aromatic amines is 1. The Morgan fingerprint density at radius 2 is 1.93 bits per heavy atom. The maximum Gasteiger partial charge on any atom is 0.330 e. The number of rotatable bonds is 6. The number of aromatic nitrogens is 4. The fourth-order valence-electron chi connectivity index (χ4n) is 3.11. The van der Waals surface area contributed by atoms with E-state index in [4.69, 9.17) is 4.74 Å². The van der Waals surface area contributed by atoms with Crippen LogP contribution < -0.4 is 15.7 Å². The Bertz CT molecular complexity index is 1230. The van der Waals surface area contributed by atoms with Crippen molar-refractivity contribution in [1.29, 1.82) is 0 Å². The highest BCUT2D eigenvalue weighted by molar-refractivity contribution is 6.05. The predicted octanol–water partition coefficient (Wildman–Crippen LogP) is 3.04. The second kappa shape index (κ2) is 8.12. The van der Waals surface area contributed by atoms with Crippen LogP contribution in [0.4, 0.5) is 5.69 Å². The van der Waals surface area contributed by atoms with Gasteiger partial charge in [-0.2, -0.15) is 0 Å². The van der Waals surface area contributed by atoms with Crippen LogP contribution in [0, 0.1) is 6.92 Å². The van der Waals surface area contributed by atoms with Crippen molar-refractivity contribution in [3.63, 3.8) is 0 Å². The highest BCUT2D eigenvalue weighted by Crippen LogP contribution is 2.21. The van der Waals surface area contributed by atoms with Gasteiger partial charge in [0.2, 0.25) is 0 Å². The predicted molar refractivity (Wildman–Crippen MR) is 113 cm³/mol. The zero-order valence-corrected chi connectivity index (χ0v) is 16.6. The molecule has 0 atom stereocenters. The number of benzene rings is 2. The zero-order valence-electron chi connectivity index (χ0n) is 16.6. The number of anilines is 1. The van der Waals surface area contributed by atoms with Crippen molar-refractivity contribution in [1.82, 2.24) is 19.1 Å². The minimum atomic E-state index is -0.278. The molecule has 2 N–H and O–H groups in total. The van der Waals surface area contributed by atoms with E-state index in [0.717, 1.165) is 11.5 Å². The number of H-pyrrole nitrogens is 1. The molecule has 0 fully saturated rings. The van der Waals surface area contributed by atoms with Gasteiger partial charge in [0.1, 0.15) is 18.2 Å². The van der Waals surface area contributed by atoms with Gasteiger partial charge in [0.15, 0.2) is 0 Å². The van der Waals surface area contributed by atoms with Crippen LogP contribution in [-0.4, -0.2) is 25.0 Å². The monoisotopic (exact) mass is 403 g/mol. The summed E-state index contributed by atoms with van der Waals surface area (Å²) in [6.45, 7) is 2.16. The van der Waals surface area contributed by atoms with Gasteiger partial charge in [-0.25, -0.2) is 9.78 Å². The maximum atomic E-state index is 12.7. The molecule has 0 unspecified atom stereocenters. The Labute approximate surface area is 172 Å². The van der Waals surface area contributed by atoms with E-state index in [1.54, 1.807) is 54.9 Å². The van der Waals surface area contributed by atoms with Crippen molar-refractivity contribution in [2.24, 2.45) is 7.05 Å². The normalized spacial score (nSPS) is 10.7. The number of hydrogen-bond donors (Lipinski definition) is 2. The van der Waals surface area contributed by atoms with E-state index in [0.29, 0.717) is 29.3 Å². The number of nitrogens with one attached hydrogen (secondary N) is 2. The molecule has 0 saturated heterocycles. The van der Waals surface area contributed by atoms with Crippen LogP contribution in [0.2, 0.25) is 0 Å². The van der Waals surface area contributed by atoms with Gasteiger partial charge in [0, 0.05) is 36.9 Å². The number of para-hydroxylation sites is 2. The zero-order chi connectivity index (χ0) is 21.1. The van der Waals surface area contributed by atoms with Gasteiger partial charge >= 0.3 is 5.69 Å². The topological polar surface area (TPSA) is 93.9 Å². The molecule has 8 heteroatoms. The van der Waals surface area contributed by atoms with Gasteiger partial charge in [-0.1, -0.05) is 12.1 Å². The van der Waals surface area contributed by atoms with Gasteiger partial charge in [-0.15, -0.1) is 0 Å². The molecule has 0 aliphatic carbocycles. The lowest BCUT2D eigenvalue weighted by Crippen LogP contribution is -2.19. The quantitative estimate of drug-likeness (QED) is 0.517. The number of hydrogen-bond acceptors (Lipinski definition) is 4. The molecule has 8 nitrogen and oxygen atoms in total. The molecule has 4 aromatic rings. The molecule has 30 heavy (non-hydrogen) atoms. The van der Waals surface area contributed by atoms with Crippen LogP contribution in [0.5, 0.6) is 5.75 Å². The van der Waals surface area contributed by atoms with Crippen molar-refractivity contribution < 1.29 is 9.53 Å². The standard InChI is InChI=1S/C22H21N5O3/c1-15-13-24-22(29)27(15)19-6-4-3-5-18(19)25-21(28)16-7-9-17(10-8-16)30-14-20-23-11-12-26(20)2/h3-13H,14H2,1-2H3,(H,24,29)(H,25,28). The molecule has 2 heterocycles. The molecule has 0 aliphatic heterocycles. The van der Waals surface area contributed by atoms with Crippen LogP contribution in [0.1, 0.15) is 21.9 Å². The van der Waals surface area contributed by atoms with Gasteiger partial charge in [0.25, 0.3) is 5.91 Å². The number of amides is 1. The third-order valence-electron chi connectivity index (χ3n) is 4.76. The lowest BCUT2D eigenvalue weighted by molar-refractivity contribution is 0.102. The minimum absolute atomic E-state index is 0.261. The first-order valence-electron chi connectivity index (χ1n) is 9.40. The van der Waals surface area contributed by atoms with E-state index >= 15 is 0 Å². The first-order chi connectivity index (χ1) is 14.5. The SMILES string of the molecule is Cc1c[nH]c(=O)n1-c1ccccc1NC(=O)c1ccc(OCc2nccn2C)cc1. The van der Waals surface area contributed by atoms with E-state index in [1.807, 2.05) is 30.8 Å². The van der Waals surface area contributed by atoms with Crippen LogP contribution in [0.15, 0.2) is 71.9 Å². The number of carbonyl (C=O) groups excluding carboxylic acids is 1. The van der Waals surface area contributed by atoms with Crippen molar-refractivity contribution in [2.75, 3.05) is 5.32 Å². The summed E-state index contributed by atoms with van der Waals surface area (Å²) in [6.07, 6.45) is 5.20. The molecular formula is C22H21N5O3. The Morgan fingerprint density at radius 1 is 1.17 bits per heavy atom. The summed E-state index contributed by atoms with van der Waals surface area (Å²) < 4.78 is 9.13. The minimum Gasteiger partial charge on any atom is -0.486 e. The Morgan fingerprint density at radius 3 is 2.60 bits per heavy atom. The molecule has 0 aliphatic rings. The highest BCUT2D eigenvalue weighted by Gasteiger charge is 2.13. The van der Waals surface area contributed by atoms with E-state index < -0.39 is 0 Å².